The van der Waals surface area contributed by atoms with E-state index in [0.717, 1.165) is 21.8 Å². The fourth-order valence-electron chi connectivity index (χ4n) is 2.61. The van der Waals surface area contributed by atoms with Crippen molar-refractivity contribution in [3.8, 4) is 0 Å². The SMILES string of the molecule is Cc1ccc(NC(=S)Nc2cccc(SCC(=O)Nc3ccc(C)c(Cl)c3)c2)cc1. The zero-order valence-corrected chi connectivity index (χ0v) is 19.0. The van der Waals surface area contributed by atoms with Crippen molar-refractivity contribution in [1.29, 1.82) is 0 Å². The van der Waals surface area contributed by atoms with Crippen LogP contribution in [0.3, 0.4) is 0 Å². The van der Waals surface area contributed by atoms with Crippen molar-refractivity contribution in [1.82, 2.24) is 0 Å². The summed E-state index contributed by atoms with van der Waals surface area (Å²) in [6.07, 6.45) is 0. The molecule has 1 amide bonds. The van der Waals surface area contributed by atoms with Crippen molar-refractivity contribution < 1.29 is 4.79 Å². The molecule has 0 radical (unpaired) electrons. The maximum atomic E-state index is 12.3. The number of hydrogen-bond donors (Lipinski definition) is 3. The van der Waals surface area contributed by atoms with E-state index < -0.39 is 0 Å². The normalized spacial score (nSPS) is 10.4. The number of nitrogens with one attached hydrogen (secondary N) is 3. The van der Waals surface area contributed by atoms with Gasteiger partial charge in [-0.05, 0) is 74.1 Å². The highest BCUT2D eigenvalue weighted by Crippen LogP contribution is 2.23. The highest BCUT2D eigenvalue weighted by molar-refractivity contribution is 8.00. The molecule has 0 saturated heterocycles. The quantitative estimate of drug-likeness (QED) is 0.292. The van der Waals surface area contributed by atoms with E-state index >= 15 is 0 Å². The molecular weight excluding hydrogens is 434 g/mol. The van der Waals surface area contributed by atoms with Crippen LogP contribution in [0.2, 0.25) is 5.02 Å². The molecule has 0 bridgehead atoms. The average Bonchev–Trinajstić information content (AvgIpc) is 2.71. The molecule has 3 aromatic rings. The van der Waals surface area contributed by atoms with Crippen LogP contribution >= 0.6 is 35.6 Å². The van der Waals surface area contributed by atoms with Gasteiger partial charge in [-0.2, -0.15) is 0 Å². The Bertz CT molecular complexity index is 1050. The number of carbonyl (C=O) groups excluding carboxylic acids is 1. The molecule has 7 heteroatoms. The summed E-state index contributed by atoms with van der Waals surface area (Å²) in [4.78, 5) is 13.2. The molecule has 0 aliphatic heterocycles. The molecule has 3 N–H and O–H groups in total. The van der Waals surface area contributed by atoms with Crippen molar-refractivity contribution in [2.45, 2.75) is 18.7 Å². The van der Waals surface area contributed by atoms with Crippen molar-refractivity contribution in [2.24, 2.45) is 0 Å². The molecule has 0 aliphatic rings. The van der Waals surface area contributed by atoms with Gasteiger partial charge in [-0.15, -0.1) is 11.8 Å². The van der Waals surface area contributed by atoms with Crippen LogP contribution in [-0.4, -0.2) is 16.8 Å². The van der Waals surface area contributed by atoms with Crippen LogP contribution in [0.4, 0.5) is 17.1 Å². The van der Waals surface area contributed by atoms with Crippen molar-refractivity contribution in [3.05, 3.63) is 82.9 Å². The summed E-state index contributed by atoms with van der Waals surface area (Å²) < 4.78 is 0. The van der Waals surface area contributed by atoms with Gasteiger partial charge in [0.25, 0.3) is 0 Å². The zero-order valence-electron chi connectivity index (χ0n) is 16.7. The molecule has 0 spiro atoms. The topological polar surface area (TPSA) is 53.2 Å². The lowest BCUT2D eigenvalue weighted by Gasteiger charge is -2.12. The fourth-order valence-corrected chi connectivity index (χ4v) is 3.78. The monoisotopic (exact) mass is 455 g/mol. The number of halogens is 1. The second-order valence-corrected chi connectivity index (χ2v) is 8.64. The van der Waals surface area contributed by atoms with Gasteiger partial charge in [-0.25, -0.2) is 0 Å². The molecular formula is C23H22ClN3OS2. The summed E-state index contributed by atoms with van der Waals surface area (Å²) in [6.45, 7) is 3.96. The molecule has 3 aromatic carbocycles. The van der Waals surface area contributed by atoms with Crippen LogP contribution in [0, 0.1) is 13.8 Å². The van der Waals surface area contributed by atoms with Crippen LogP contribution in [0.15, 0.2) is 71.6 Å². The van der Waals surface area contributed by atoms with E-state index in [4.69, 9.17) is 23.8 Å². The molecule has 0 atom stereocenters. The number of rotatable bonds is 6. The van der Waals surface area contributed by atoms with Gasteiger partial charge in [0.2, 0.25) is 5.91 Å². The Morgan fingerprint density at radius 2 is 1.57 bits per heavy atom. The van der Waals surface area contributed by atoms with Crippen LogP contribution in [0.25, 0.3) is 0 Å². The predicted molar refractivity (Wildman–Crippen MR) is 133 cm³/mol. The number of carbonyl (C=O) groups is 1. The molecule has 0 unspecified atom stereocenters. The highest BCUT2D eigenvalue weighted by atomic mass is 35.5. The molecule has 30 heavy (non-hydrogen) atoms. The molecule has 154 valence electrons. The Kier molecular flexibility index (Phi) is 7.74. The standard InChI is InChI=1S/C23H22ClN3OS2/c1-15-6-9-17(10-7-15)26-23(29)27-18-4-3-5-20(12-18)30-14-22(28)25-19-11-8-16(2)21(24)13-19/h3-13H,14H2,1-2H3,(H,25,28)(H2,26,27,29). The van der Waals surface area contributed by atoms with Gasteiger partial charge >= 0.3 is 0 Å². The van der Waals surface area contributed by atoms with Crippen LogP contribution < -0.4 is 16.0 Å². The highest BCUT2D eigenvalue weighted by Gasteiger charge is 2.06. The first-order chi connectivity index (χ1) is 14.4. The summed E-state index contributed by atoms with van der Waals surface area (Å²) in [5.74, 6) is 0.205. The van der Waals surface area contributed by atoms with Gasteiger partial charge < -0.3 is 16.0 Å². The van der Waals surface area contributed by atoms with Gasteiger partial charge in [0, 0.05) is 27.0 Å². The minimum absolute atomic E-state index is 0.0881. The van der Waals surface area contributed by atoms with Gasteiger partial charge in [-0.1, -0.05) is 41.4 Å². The second-order valence-electron chi connectivity index (χ2n) is 6.77. The van der Waals surface area contributed by atoms with Gasteiger partial charge in [0.1, 0.15) is 0 Å². The lowest BCUT2D eigenvalue weighted by molar-refractivity contribution is -0.113. The fraction of sp³-hybridized carbons (Fsp3) is 0.130. The lowest BCUT2D eigenvalue weighted by Crippen LogP contribution is -2.19. The summed E-state index contributed by atoms with van der Waals surface area (Å²) in [6, 6.07) is 21.3. The van der Waals surface area contributed by atoms with Gasteiger partial charge in [0.15, 0.2) is 5.11 Å². The molecule has 0 heterocycles. The summed E-state index contributed by atoms with van der Waals surface area (Å²) in [5.41, 5.74) is 4.65. The number of benzene rings is 3. The van der Waals surface area contributed by atoms with E-state index in [1.54, 1.807) is 6.07 Å². The van der Waals surface area contributed by atoms with Crippen molar-refractivity contribution in [2.75, 3.05) is 21.7 Å². The predicted octanol–water partition coefficient (Wildman–Crippen LogP) is 6.50. The first kappa shape index (κ1) is 22.2. The molecule has 0 saturated carbocycles. The summed E-state index contributed by atoms with van der Waals surface area (Å²) in [5, 5.41) is 10.3. The third kappa shape index (κ3) is 6.76. The number of hydrogen-bond acceptors (Lipinski definition) is 3. The molecule has 0 aromatic heterocycles. The van der Waals surface area contributed by atoms with Crippen LogP contribution in [0.1, 0.15) is 11.1 Å². The molecule has 0 fully saturated rings. The third-order valence-corrected chi connectivity index (χ3v) is 5.83. The second kappa shape index (κ2) is 10.5. The average molecular weight is 456 g/mol. The van der Waals surface area contributed by atoms with E-state index in [1.807, 2.05) is 74.5 Å². The molecule has 0 aliphatic carbocycles. The third-order valence-electron chi connectivity index (χ3n) is 4.23. The Hall–Kier alpha value is -2.54. The Morgan fingerprint density at radius 1 is 0.900 bits per heavy atom. The van der Waals surface area contributed by atoms with Crippen molar-refractivity contribution in [3.63, 3.8) is 0 Å². The van der Waals surface area contributed by atoms with Crippen molar-refractivity contribution >= 4 is 63.7 Å². The molecule has 4 nitrogen and oxygen atoms in total. The number of thioether (sulfide) groups is 1. The number of thiocarbonyl (C=S) groups is 1. The minimum atomic E-state index is -0.0881. The number of amides is 1. The van der Waals surface area contributed by atoms with E-state index in [0.29, 0.717) is 21.6 Å². The van der Waals surface area contributed by atoms with E-state index in [9.17, 15) is 4.79 Å². The minimum Gasteiger partial charge on any atom is -0.332 e. The van der Waals surface area contributed by atoms with E-state index in [1.165, 1.54) is 17.3 Å². The largest absolute Gasteiger partial charge is 0.332 e. The summed E-state index contributed by atoms with van der Waals surface area (Å²) in [7, 11) is 0. The van der Waals surface area contributed by atoms with Crippen LogP contribution in [0.5, 0.6) is 0 Å². The first-order valence-corrected chi connectivity index (χ1v) is 11.1. The van der Waals surface area contributed by atoms with E-state index in [-0.39, 0.29) is 5.91 Å². The maximum absolute atomic E-state index is 12.3. The maximum Gasteiger partial charge on any atom is 0.234 e. The van der Waals surface area contributed by atoms with E-state index in [2.05, 4.69) is 16.0 Å². The Labute approximate surface area is 191 Å². The Morgan fingerprint density at radius 3 is 2.30 bits per heavy atom. The number of anilines is 3. The summed E-state index contributed by atoms with van der Waals surface area (Å²) >= 11 is 13.0. The lowest BCUT2D eigenvalue weighted by atomic mass is 10.2. The Balaban J connectivity index is 1.52. The van der Waals surface area contributed by atoms with Crippen LogP contribution in [-0.2, 0) is 4.79 Å². The smallest absolute Gasteiger partial charge is 0.234 e. The molecule has 3 rings (SSSR count). The van der Waals surface area contributed by atoms with Gasteiger partial charge in [-0.3, -0.25) is 4.79 Å². The number of aryl methyl sites for hydroxylation is 2. The van der Waals surface area contributed by atoms with Gasteiger partial charge in [0.05, 0.1) is 5.75 Å². The zero-order chi connectivity index (χ0) is 21.5. The first-order valence-electron chi connectivity index (χ1n) is 9.32.